The van der Waals surface area contributed by atoms with Gasteiger partial charge in [-0.2, -0.15) is 12.1 Å². The summed E-state index contributed by atoms with van der Waals surface area (Å²) in [5, 5.41) is 4.43. The van der Waals surface area contributed by atoms with Gasteiger partial charge in [0.1, 0.15) is 0 Å². The van der Waals surface area contributed by atoms with E-state index < -0.39 is 7.92 Å². The second-order valence-corrected chi connectivity index (χ2v) is 9.89. The summed E-state index contributed by atoms with van der Waals surface area (Å²) < 4.78 is 0. The second-order valence-electron chi connectivity index (χ2n) is 7.74. The Morgan fingerprint density at radius 1 is 0.567 bits per heavy atom. The fourth-order valence-corrected chi connectivity index (χ4v) is 6.35. The van der Waals surface area contributed by atoms with Crippen LogP contribution < -0.4 is 15.9 Å². The largest absolute Gasteiger partial charge is 0.748 e. The molecule has 0 saturated heterocycles. The van der Waals surface area contributed by atoms with Gasteiger partial charge in [0, 0.05) is 21.7 Å². The molecule has 2 heteroatoms. The molecule has 0 atom stereocenters. The molecule has 0 saturated carbocycles. The monoisotopic (exact) mass is 446 g/mol. The van der Waals surface area contributed by atoms with Crippen molar-refractivity contribution in [3.8, 4) is 0 Å². The van der Waals surface area contributed by atoms with Gasteiger partial charge in [-0.25, -0.2) is 12.1 Å². The first-order chi connectivity index (χ1) is 13.9. The summed E-state index contributed by atoms with van der Waals surface area (Å²) in [5.74, 6) is 0. The average molecular weight is 446 g/mol. The van der Waals surface area contributed by atoms with E-state index in [0.29, 0.717) is 0 Å². The minimum absolute atomic E-state index is 0. The van der Waals surface area contributed by atoms with E-state index in [2.05, 4.69) is 90.1 Å². The number of hydrogen-bond acceptors (Lipinski definition) is 0. The summed E-state index contributed by atoms with van der Waals surface area (Å²) in [6.07, 6.45) is 0. The van der Waals surface area contributed by atoms with E-state index in [0.717, 1.165) is 0 Å². The zero-order valence-electron chi connectivity index (χ0n) is 19.0. The van der Waals surface area contributed by atoms with E-state index in [1.807, 2.05) is 30.3 Å². The van der Waals surface area contributed by atoms with Gasteiger partial charge in [0.2, 0.25) is 0 Å². The number of rotatable bonds is 3. The first-order valence-corrected chi connectivity index (χ1v) is 11.6. The molecular weight excluding hydrogens is 415 g/mol. The van der Waals surface area contributed by atoms with Crippen LogP contribution in [0.4, 0.5) is 0 Å². The first-order valence-electron chi connectivity index (χ1n) is 10.2. The van der Waals surface area contributed by atoms with Gasteiger partial charge in [0.05, 0.1) is 0 Å². The van der Waals surface area contributed by atoms with Gasteiger partial charge in [-0.15, -0.1) is 5.30 Å². The van der Waals surface area contributed by atoms with Crippen LogP contribution in [0.2, 0.25) is 0 Å². The molecule has 0 aromatic heterocycles. The topological polar surface area (TPSA) is 0 Å². The molecule has 0 N–H and O–H groups in total. The Balaban J connectivity index is 0.000000468. The molecule has 0 aliphatic heterocycles. The molecule has 0 fully saturated rings. The molecule has 30 heavy (non-hydrogen) atoms. The third-order valence-electron chi connectivity index (χ3n) is 6.00. The van der Waals surface area contributed by atoms with Crippen LogP contribution in [0.1, 0.15) is 33.4 Å². The molecule has 158 valence electrons. The van der Waals surface area contributed by atoms with Crippen molar-refractivity contribution in [1.82, 2.24) is 0 Å². The summed E-state index contributed by atoms with van der Waals surface area (Å²) in [5.41, 5.74) is 8.50. The summed E-state index contributed by atoms with van der Waals surface area (Å²) in [6, 6.07) is 28.2. The van der Waals surface area contributed by atoms with Crippen molar-refractivity contribution in [1.29, 1.82) is 0 Å². The van der Waals surface area contributed by atoms with Crippen LogP contribution >= 0.6 is 7.92 Å². The number of hydrogen-bond donors (Lipinski definition) is 0. The van der Waals surface area contributed by atoms with Crippen molar-refractivity contribution in [2.75, 3.05) is 0 Å². The van der Waals surface area contributed by atoms with Crippen LogP contribution in [0.3, 0.4) is 0 Å². The smallest absolute Gasteiger partial charge is 0 e. The Bertz CT molecular complexity index is 982. The Hall–Kier alpha value is -1.72. The fraction of sp³-hybridized carbons (Fsp3) is 0.214. The predicted octanol–water partition coefficient (Wildman–Crippen LogP) is 6.42. The molecule has 0 aliphatic carbocycles. The van der Waals surface area contributed by atoms with Gasteiger partial charge in [-0.1, -0.05) is 32.2 Å². The third kappa shape index (κ3) is 5.30. The van der Waals surface area contributed by atoms with Crippen molar-refractivity contribution >= 4 is 23.8 Å². The molecule has 4 aromatic rings. The maximum absolute atomic E-state index is 2.35. The molecular formula is C28H31PTi-6. The molecule has 0 radical (unpaired) electrons. The summed E-state index contributed by atoms with van der Waals surface area (Å²) in [7, 11) is -0.508. The second kappa shape index (κ2) is 11.1. The Morgan fingerprint density at radius 3 is 1.30 bits per heavy atom. The van der Waals surface area contributed by atoms with Crippen LogP contribution in [-0.4, -0.2) is 0 Å². The first kappa shape index (κ1) is 24.6. The zero-order chi connectivity index (χ0) is 21.0. The normalized spacial score (nSPS) is 10.4. The van der Waals surface area contributed by atoms with E-state index in [9.17, 15) is 0 Å². The van der Waals surface area contributed by atoms with Gasteiger partial charge in [0.25, 0.3) is 0 Å². The molecule has 0 bridgehead atoms. The van der Waals surface area contributed by atoms with E-state index in [1.165, 1.54) is 49.3 Å². The maximum atomic E-state index is 2.35. The number of aryl methyl sites for hydroxylation is 2. The van der Waals surface area contributed by atoms with E-state index >= 15 is 0 Å². The molecule has 4 rings (SSSR count). The summed E-state index contributed by atoms with van der Waals surface area (Å²) in [4.78, 5) is 0. The van der Waals surface area contributed by atoms with Crippen molar-refractivity contribution in [2.24, 2.45) is 0 Å². The van der Waals surface area contributed by atoms with E-state index in [4.69, 9.17) is 0 Å². The standard InChI is InChI=1S/C23H26P.C5H5.Ti/c1-15-11-13-22(19(5)17(15)3)24(21-9-7-8-10-21)23-14-12-16(2)18(4)20(23)6;1-2-4-5-3-1;/h7-14H,1-6H3;1-5H;/q-1;-5;. The molecule has 0 nitrogen and oxygen atoms in total. The molecule has 0 unspecified atom stereocenters. The van der Waals surface area contributed by atoms with Gasteiger partial charge in [0.15, 0.2) is 0 Å². The molecule has 0 heterocycles. The Morgan fingerprint density at radius 2 is 0.933 bits per heavy atom. The fourth-order valence-electron chi connectivity index (χ4n) is 3.61. The van der Waals surface area contributed by atoms with Crippen molar-refractivity contribution < 1.29 is 21.7 Å². The van der Waals surface area contributed by atoms with Gasteiger partial charge in [-0.05, 0) is 85.5 Å². The van der Waals surface area contributed by atoms with Crippen LogP contribution in [-0.2, 0) is 21.7 Å². The van der Waals surface area contributed by atoms with Crippen molar-refractivity contribution in [2.45, 2.75) is 41.5 Å². The van der Waals surface area contributed by atoms with Crippen LogP contribution in [0.15, 0.2) is 78.9 Å². The molecule has 0 amide bonds. The van der Waals surface area contributed by atoms with Crippen LogP contribution in [0, 0.1) is 41.5 Å². The molecule has 0 spiro atoms. The zero-order valence-corrected chi connectivity index (χ0v) is 21.4. The molecule has 0 aliphatic rings. The third-order valence-corrected chi connectivity index (χ3v) is 8.75. The predicted molar refractivity (Wildman–Crippen MR) is 131 cm³/mol. The summed E-state index contributed by atoms with van der Waals surface area (Å²) in [6.45, 7) is 13.5. The Kier molecular flexibility index (Phi) is 9.05. The van der Waals surface area contributed by atoms with Gasteiger partial charge in [-0.3, -0.25) is 0 Å². The minimum Gasteiger partial charge on any atom is -0.748 e. The minimum atomic E-state index is -0.508. The molecule has 4 aromatic carbocycles. The summed E-state index contributed by atoms with van der Waals surface area (Å²) >= 11 is 0. The van der Waals surface area contributed by atoms with E-state index in [-0.39, 0.29) is 21.7 Å². The van der Waals surface area contributed by atoms with Gasteiger partial charge >= 0.3 is 0 Å². The number of benzene rings is 2. The van der Waals surface area contributed by atoms with Crippen LogP contribution in [0.5, 0.6) is 0 Å². The average Bonchev–Trinajstić information content (AvgIpc) is 3.44. The van der Waals surface area contributed by atoms with E-state index in [1.54, 1.807) is 0 Å². The quantitative estimate of drug-likeness (QED) is 0.194. The SMILES string of the molecule is Cc1ccc(P(c2ccc(C)c(C)c2C)[c-]2cccc2)c(C)c1C.[Ti].[cH-]1[cH-][cH-][cH-][cH-]1. The van der Waals surface area contributed by atoms with Gasteiger partial charge < -0.3 is 30.3 Å². The Labute approximate surface area is 198 Å². The van der Waals surface area contributed by atoms with Crippen molar-refractivity contribution in [3.63, 3.8) is 0 Å². The maximum Gasteiger partial charge on any atom is 0 e. The van der Waals surface area contributed by atoms with Crippen molar-refractivity contribution in [3.05, 3.63) is 112 Å². The van der Waals surface area contributed by atoms with Crippen LogP contribution in [0.25, 0.3) is 0 Å².